The van der Waals surface area contributed by atoms with E-state index < -0.39 is 23.6 Å². The van der Waals surface area contributed by atoms with Crippen molar-refractivity contribution in [3.8, 4) is 0 Å². The van der Waals surface area contributed by atoms with Gasteiger partial charge in [0.05, 0.1) is 17.6 Å². The fourth-order valence-electron chi connectivity index (χ4n) is 11.7. The van der Waals surface area contributed by atoms with Crippen LogP contribution < -0.4 is 0 Å². The van der Waals surface area contributed by atoms with Crippen LogP contribution in [-0.2, 0) is 4.79 Å². The lowest BCUT2D eigenvalue weighted by molar-refractivity contribution is -0.263. The van der Waals surface area contributed by atoms with Gasteiger partial charge in [-0.2, -0.15) is 0 Å². The Hall–Kier alpha value is -0.870. The van der Waals surface area contributed by atoms with E-state index in [9.17, 15) is 20.1 Å². The number of aliphatic carboxylic acids is 1. The third-order valence-corrected chi connectivity index (χ3v) is 13.4. The molecule has 0 radical (unpaired) electrons. The molecule has 3 N–H and O–H groups in total. The van der Waals surface area contributed by atoms with Crippen molar-refractivity contribution in [3.05, 3.63) is 12.2 Å². The first-order valence-corrected chi connectivity index (χ1v) is 13.9. The number of allylic oxidation sites excluding steroid dienone is 1. The van der Waals surface area contributed by atoms with E-state index in [0.29, 0.717) is 30.1 Å². The van der Waals surface area contributed by atoms with Gasteiger partial charge in [0, 0.05) is 0 Å². The fourth-order valence-corrected chi connectivity index (χ4v) is 11.7. The molecule has 0 aromatic carbocycles. The highest BCUT2D eigenvalue weighted by atomic mass is 16.4. The molecule has 0 spiro atoms. The molecular weight excluding hydrogens is 424 g/mol. The van der Waals surface area contributed by atoms with Gasteiger partial charge in [0.2, 0.25) is 0 Å². The molecule has 11 atom stereocenters. The van der Waals surface area contributed by atoms with Crippen LogP contribution in [0.1, 0.15) is 99.3 Å². The van der Waals surface area contributed by atoms with Gasteiger partial charge in [-0.15, -0.1) is 0 Å². The summed E-state index contributed by atoms with van der Waals surface area (Å²) in [6.45, 7) is 18.2. The van der Waals surface area contributed by atoms with Gasteiger partial charge in [0.15, 0.2) is 0 Å². The summed E-state index contributed by atoms with van der Waals surface area (Å²) in [5.74, 6) is 1.24. The molecular formula is C30H48O4. The third kappa shape index (κ3) is 2.76. The number of aliphatic hydroxyl groups is 2. The van der Waals surface area contributed by atoms with E-state index in [4.69, 9.17) is 0 Å². The maximum absolute atomic E-state index is 12.8. The summed E-state index contributed by atoms with van der Waals surface area (Å²) in [6.07, 6.45) is 7.32. The molecule has 5 aliphatic rings. The van der Waals surface area contributed by atoms with Crippen molar-refractivity contribution >= 4 is 5.97 Å². The monoisotopic (exact) mass is 472 g/mol. The van der Waals surface area contributed by atoms with Crippen LogP contribution in [-0.4, -0.2) is 33.5 Å². The fraction of sp³-hybridized carbons (Fsp3) is 0.900. The number of hydrogen-bond acceptors (Lipinski definition) is 3. The summed E-state index contributed by atoms with van der Waals surface area (Å²) in [6, 6.07) is 0. The standard InChI is InChI=1S/C30H48O4/c1-17(2)18-10-13-30(25(33)34)15-14-28(6)19(23(18)30)8-9-22-27(5)16-20(31)24(32)26(3,4)21(27)11-12-29(22,28)7/h18-24,31-32H,1,8-16H2,2-7H3,(H,33,34)/t18-,19?,20+,21?,22?,23?,24-,27-,28+,29+,30-/m1/s1. The second-order valence-electron chi connectivity index (χ2n) is 14.7. The lowest BCUT2D eigenvalue weighted by Crippen LogP contribution is -2.68. The topological polar surface area (TPSA) is 77.8 Å². The molecule has 5 aliphatic carbocycles. The molecule has 192 valence electrons. The van der Waals surface area contributed by atoms with Crippen LogP contribution in [0.5, 0.6) is 0 Å². The van der Waals surface area contributed by atoms with Crippen LogP contribution in [0.2, 0.25) is 0 Å². The molecule has 0 heterocycles. The van der Waals surface area contributed by atoms with Gasteiger partial charge >= 0.3 is 5.97 Å². The van der Waals surface area contributed by atoms with Crippen molar-refractivity contribution < 1.29 is 20.1 Å². The third-order valence-electron chi connectivity index (χ3n) is 13.4. The highest BCUT2D eigenvalue weighted by Crippen LogP contribution is 2.77. The number of carboxylic acid groups (broad SMARTS) is 1. The van der Waals surface area contributed by atoms with E-state index in [-0.39, 0.29) is 27.6 Å². The van der Waals surface area contributed by atoms with Crippen molar-refractivity contribution in [3.63, 3.8) is 0 Å². The van der Waals surface area contributed by atoms with Crippen molar-refractivity contribution in [2.75, 3.05) is 0 Å². The molecule has 0 bridgehead atoms. The Balaban J connectivity index is 1.57. The molecule has 0 aliphatic heterocycles. The summed E-state index contributed by atoms with van der Waals surface area (Å²) in [7, 11) is 0. The Morgan fingerprint density at radius 1 is 0.853 bits per heavy atom. The minimum Gasteiger partial charge on any atom is -0.481 e. The van der Waals surface area contributed by atoms with Gasteiger partial charge in [-0.3, -0.25) is 4.79 Å². The number of aliphatic hydroxyl groups excluding tert-OH is 2. The van der Waals surface area contributed by atoms with E-state index in [2.05, 4.69) is 48.1 Å². The number of carbonyl (C=O) groups is 1. The summed E-state index contributed by atoms with van der Waals surface area (Å²) < 4.78 is 0. The zero-order chi connectivity index (χ0) is 25.1. The van der Waals surface area contributed by atoms with E-state index in [1.165, 1.54) is 5.57 Å². The van der Waals surface area contributed by atoms with Gasteiger partial charge in [-0.05, 0) is 116 Å². The molecule has 4 nitrogen and oxygen atoms in total. The second-order valence-corrected chi connectivity index (χ2v) is 14.7. The summed E-state index contributed by atoms with van der Waals surface area (Å²) in [5, 5.41) is 32.4. The van der Waals surface area contributed by atoms with Crippen LogP contribution >= 0.6 is 0 Å². The zero-order valence-electron chi connectivity index (χ0n) is 22.4. The van der Waals surface area contributed by atoms with Crippen molar-refractivity contribution in [2.45, 2.75) is 112 Å². The lowest BCUT2D eigenvalue weighted by Gasteiger charge is -2.73. The van der Waals surface area contributed by atoms with E-state index in [1.54, 1.807) is 0 Å². The summed E-state index contributed by atoms with van der Waals surface area (Å²) >= 11 is 0. The number of rotatable bonds is 2. The largest absolute Gasteiger partial charge is 0.481 e. The van der Waals surface area contributed by atoms with Crippen LogP contribution in [0, 0.1) is 56.7 Å². The molecule has 0 aromatic rings. The van der Waals surface area contributed by atoms with Crippen LogP contribution in [0.15, 0.2) is 12.2 Å². The van der Waals surface area contributed by atoms with Crippen LogP contribution in [0.25, 0.3) is 0 Å². The predicted octanol–water partition coefficient (Wildman–Crippen LogP) is 6.06. The summed E-state index contributed by atoms with van der Waals surface area (Å²) in [4.78, 5) is 12.8. The first-order chi connectivity index (χ1) is 15.7. The molecule has 0 aromatic heterocycles. The quantitative estimate of drug-likeness (QED) is 0.427. The normalized spacial score (nSPS) is 55.9. The Morgan fingerprint density at radius 3 is 2.15 bits per heavy atom. The Bertz CT molecular complexity index is 894. The summed E-state index contributed by atoms with van der Waals surface area (Å²) in [5.41, 5.74) is 0.501. The molecule has 5 saturated carbocycles. The minimum absolute atomic E-state index is 0.00606. The first kappa shape index (κ1) is 24.8. The first-order valence-electron chi connectivity index (χ1n) is 13.9. The SMILES string of the molecule is C=C(C)[C@H]1CC[C@@]2(C(=O)O)CC[C@@]3(C)C(CCC4[C@]5(C)C[C@H](O)[C@@H](O)C(C)(C)C5CC[C@@]43C)C12. The van der Waals surface area contributed by atoms with Crippen LogP contribution in [0.3, 0.4) is 0 Å². The lowest BCUT2D eigenvalue weighted by atomic mass is 9.32. The van der Waals surface area contributed by atoms with Crippen molar-refractivity contribution in [1.29, 1.82) is 0 Å². The number of carboxylic acids is 1. The number of hydrogen-bond donors (Lipinski definition) is 3. The molecule has 0 amide bonds. The Labute approximate surface area is 206 Å². The predicted molar refractivity (Wildman–Crippen MR) is 134 cm³/mol. The minimum atomic E-state index is -0.669. The van der Waals surface area contributed by atoms with E-state index in [1.807, 2.05) is 0 Å². The van der Waals surface area contributed by atoms with Crippen molar-refractivity contribution in [2.24, 2.45) is 56.7 Å². The molecule has 4 unspecified atom stereocenters. The van der Waals surface area contributed by atoms with Gasteiger partial charge in [0.1, 0.15) is 0 Å². The maximum Gasteiger partial charge on any atom is 0.309 e. The molecule has 0 saturated heterocycles. The average molecular weight is 473 g/mol. The molecule has 5 rings (SSSR count). The van der Waals surface area contributed by atoms with Crippen molar-refractivity contribution in [1.82, 2.24) is 0 Å². The van der Waals surface area contributed by atoms with Gasteiger partial charge in [0.25, 0.3) is 0 Å². The average Bonchev–Trinajstić information content (AvgIpc) is 3.14. The molecule has 5 fully saturated rings. The smallest absolute Gasteiger partial charge is 0.309 e. The Morgan fingerprint density at radius 2 is 1.53 bits per heavy atom. The molecule has 4 heteroatoms. The van der Waals surface area contributed by atoms with E-state index >= 15 is 0 Å². The van der Waals surface area contributed by atoms with Gasteiger partial charge in [-0.1, -0.05) is 46.8 Å². The van der Waals surface area contributed by atoms with Gasteiger partial charge in [-0.25, -0.2) is 0 Å². The molecule has 34 heavy (non-hydrogen) atoms. The second kappa shape index (κ2) is 7.34. The van der Waals surface area contributed by atoms with E-state index in [0.717, 1.165) is 51.4 Å². The number of fused-ring (bicyclic) bond motifs is 7. The highest BCUT2D eigenvalue weighted by molar-refractivity contribution is 5.76. The Kier molecular flexibility index (Phi) is 5.36. The zero-order valence-corrected chi connectivity index (χ0v) is 22.4. The van der Waals surface area contributed by atoms with Crippen LogP contribution in [0.4, 0.5) is 0 Å². The highest BCUT2D eigenvalue weighted by Gasteiger charge is 2.72. The van der Waals surface area contributed by atoms with Gasteiger partial charge < -0.3 is 15.3 Å². The maximum atomic E-state index is 12.8.